The van der Waals surface area contributed by atoms with E-state index >= 15 is 0 Å². The highest BCUT2D eigenvalue weighted by atomic mass is 19.4. The normalized spacial score (nSPS) is 28.9. The predicted molar refractivity (Wildman–Crippen MR) is 85.2 cm³/mol. The van der Waals surface area contributed by atoms with Crippen LogP contribution in [0.5, 0.6) is 5.75 Å². The van der Waals surface area contributed by atoms with Crippen molar-refractivity contribution < 1.29 is 27.4 Å². The first-order chi connectivity index (χ1) is 11.7. The Labute approximate surface area is 144 Å². The number of carbonyl (C=O) groups excluding carboxylic acids is 1. The molecule has 2 heterocycles. The third-order valence-electron chi connectivity index (χ3n) is 4.84. The molecule has 2 bridgehead atoms. The van der Waals surface area contributed by atoms with Crippen molar-refractivity contribution in [2.24, 2.45) is 0 Å². The second-order valence-electron chi connectivity index (χ2n) is 7.16. The highest BCUT2D eigenvalue weighted by molar-refractivity contribution is 5.76. The molecule has 2 saturated heterocycles. The summed E-state index contributed by atoms with van der Waals surface area (Å²) < 4.78 is 48.4. The van der Waals surface area contributed by atoms with Crippen molar-refractivity contribution in [3.05, 3.63) is 29.8 Å². The van der Waals surface area contributed by atoms with Crippen LogP contribution in [0.4, 0.5) is 13.2 Å². The second-order valence-corrected chi connectivity index (χ2v) is 7.16. The van der Waals surface area contributed by atoms with Gasteiger partial charge < -0.3 is 9.47 Å². The summed E-state index contributed by atoms with van der Waals surface area (Å²) in [5, 5.41) is 3.02. The number of halogens is 3. The lowest BCUT2D eigenvalue weighted by Gasteiger charge is -2.38. The zero-order valence-corrected chi connectivity index (χ0v) is 14.2. The number of fused-ring (bicyclic) bond motifs is 2. The van der Waals surface area contributed by atoms with Gasteiger partial charge in [-0.25, -0.2) is 4.79 Å². The van der Waals surface area contributed by atoms with Crippen molar-refractivity contribution in [1.29, 1.82) is 0 Å². The standard InChI is InChI=1S/C18H22F3NO3/c1-11(2)12-3-5-14(6-4-12)24-15-9-13-7-8-17(10-15,22-13)25-16(23)18(19,20)21/h3-6,11,13,15,22H,7-10H2,1-2H3/t13-,15+,17+/m0/s1. The minimum atomic E-state index is -4.99. The molecule has 4 nitrogen and oxygen atoms in total. The topological polar surface area (TPSA) is 47.6 Å². The summed E-state index contributed by atoms with van der Waals surface area (Å²) in [4.78, 5) is 11.3. The molecule has 1 N–H and O–H groups in total. The van der Waals surface area contributed by atoms with Gasteiger partial charge in [-0.1, -0.05) is 26.0 Å². The van der Waals surface area contributed by atoms with E-state index in [1.165, 1.54) is 5.56 Å². The van der Waals surface area contributed by atoms with Crippen molar-refractivity contribution in [3.63, 3.8) is 0 Å². The third kappa shape index (κ3) is 4.08. The number of ether oxygens (including phenoxy) is 2. The smallest absolute Gasteiger partial charge is 0.490 e. The second kappa shape index (κ2) is 6.52. The zero-order valence-electron chi connectivity index (χ0n) is 14.2. The summed E-state index contributed by atoms with van der Waals surface area (Å²) in [6, 6.07) is 7.70. The van der Waals surface area contributed by atoms with Gasteiger partial charge in [0, 0.05) is 18.9 Å². The first-order valence-corrected chi connectivity index (χ1v) is 8.51. The van der Waals surface area contributed by atoms with Crippen LogP contribution in [-0.2, 0) is 9.53 Å². The van der Waals surface area contributed by atoms with E-state index in [4.69, 9.17) is 9.47 Å². The summed E-state index contributed by atoms with van der Waals surface area (Å²) >= 11 is 0. The molecule has 0 unspecified atom stereocenters. The van der Waals surface area contributed by atoms with Gasteiger partial charge in [-0.05, 0) is 36.5 Å². The maximum Gasteiger partial charge on any atom is 0.490 e. The van der Waals surface area contributed by atoms with E-state index in [-0.39, 0.29) is 18.6 Å². The van der Waals surface area contributed by atoms with Gasteiger partial charge in [0.25, 0.3) is 0 Å². The van der Waals surface area contributed by atoms with Gasteiger partial charge in [-0.2, -0.15) is 13.2 Å². The average Bonchev–Trinajstić information content (AvgIpc) is 2.81. The molecule has 0 radical (unpaired) electrons. The van der Waals surface area contributed by atoms with Gasteiger partial charge in [0.15, 0.2) is 5.72 Å². The van der Waals surface area contributed by atoms with Gasteiger partial charge in [0.2, 0.25) is 0 Å². The van der Waals surface area contributed by atoms with Crippen molar-refractivity contribution in [3.8, 4) is 5.75 Å². The molecule has 25 heavy (non-hydrogen) atoms. The Morgan fingerprint density at radius 2 is 1.96 bits per heavy atom. The fourth-order valence-corrected chi connectivity index (χ4v) is 3.60. The summed E-state index contributed by atoms with van der Waals surface area (Å²) in [7, 11) is 0. The molecule has 0 aromatic heterocycles. The molecular formula is C18H22F3NO3. The number of piperidine rings is 1. The molecular weight excluding hydrogens is 335 g/mol. The number of carbonyl (C=O) groups is 1. The maximum atomic E-state index is 12.5. The van der Waals surface area contributed by atoms with Gasteiger partial charge in [0.1, 0.15) is 11.9 Å². The number of esters is 1. The van der Waals surface area contributed by atoms with Gasteiger partial charge in [-0.15, -0.1) is 0 Å². The third-order valence-corrected chi connectivity index (χ3v) is 4.84. The highest BCUT2D eigenvalue weighted by Gasteiger charge is 2.53. The summed E-state index contributed by atoms with van der Waals surface area (Å²) in [6.45, 7) is 4.19. The number of benzene rings is 1. The Morgan fingerprint density at radius 3 is 2.56 bits per heavy atom. The molecule has 2 aliphatic rings. The van der Waals surface area contributed by atoms with Crippen molar-refractivity contribution in [2.75, 3.05) is 0 Å². The highest BCUT2D eigenvalue weighted by Crippen LogP contribution is 2.39. The van der Waals surface area contributed by atoms with Crippen LogP contribution in [0, 0.1) is 0 Å². The van der Waals surface area contributed by atoms with E-state index in [0.717, 1.165) is 0 Å². The van der Waals surface area contributed by atoms with Gasteiger partial charge in [-0.3, -0.25) is 5.32 Å². The molecule has 0 aliphatic carbocycles. The molecule has 2 fully saturated rings. The van der Waals surface area contributed by atoms with Crippen LogP contribution in [0.15, 0.2) is 24.3 Å². The van der Waals surface area contributed by atoms with E-state index in [1.54, 1.807) is 0 Å². The molecule has 3 rings (SSSR count). The van der Waals surface area contributed by atoms with E-state index in [1.807, 2.05) is 24.3 Å². The van der Waals surface area contributed by atoms with Crippen molar-refractivity contribution >= 4 is 5.97 Å². The molecule has 7 heteroatoms. The molecule has 0 amide bonds. The average molecular weight is 357 g/mol. The minimum Gasteiger partial charge on any atom is -0.490 e. The van der Waals surface area contributed by atoms with Crippen LogP contribution in [0.3, 0.4) is 0 Å². The number of alkyl halides is 3. The summed E-state index contributed by atoms with van der Waals surface area (Å²) in [5.74, 6) is -1.07. The van der Waals surface area contributed by atoms with Crippen LogP contribution in [0.1, 0.15) is 51.0 Å². The van der Waals surface area contributed by atoms with E-state index in [2.05, 4.69) is 19.2 Å². The van der Waals surface area contributed by atoms with Crippen LogP contribution < -0.4 is 10.1 Å². The Bertz CT molecular complexity index is 629. The molecule has 138 valence electrons. The van der Waals surface area contributed by atoms with E-state index < -0.39 is 17.9 Å². The molecule has 1 aromatic carbocycles. The SMILES string of the molecule is CC(C)c1ccc(O[C@@H]2C[C@@H]3CC[C@@](OC(=O)C(F)(F)F)(C2)N3)cc1. The zero-order chi connectivity index (χ0) is 18.2. The lowest BCUT2D eigenvalue weighted by atomic mass is 9.99. The fourth-order valence-electron chi connectivity index (χ4n) is 3.60. The van der Waals surface area contributed by atoms with Crippen molar-refractivity contribution in [2.45, 2.75) is 69.5 Å². The van der Waals surface area contributed by atoms with Crippen LogP contribution in [0.2, 0.25) is 0 Å². The molecule has 0 saturated carbocycles. The monoisotopic (exact) mass is 357 g/mol. The Hall–Kier alpha value is -1.76. The Balaban J connectivity index is 1.67. The van der Waals surface area contributed by atoms with Crippen LogP contribution in [0.25, 0.3) is 0 Å². The largest absolute Gasteiger partial charge is 0.490 e. The molecule has 3 atom stereocenters. The van der Waals surface area contributed by atoms with Crippen LogP contribution >= 0.6 is 0 Å². The summed E-state index contributed by atoms with van der Waals surface area (Å²) in [6.07, 6.45) is -3.37. The lowest BCUT2D eigenvalue weighted by Crippen LogP contribution is -2.56. The minimum absolute atomic E-state index is 0.00489. The molecule has 0 spiro atoms. The fraction of sp³-hybridized carbons (Fsp3) is 0.611. The van der Waals surface area contributed by atoms with Crippen LogP contribution in [-0.4, -0.2) is 30.0 Å². The Morgan fingerprint density at radius 1 is 1.28 bits per heavy atom. The first-order valence-electron chi connectivity index (χ1n) is 8.51. The lowest BCUT2D eigenvalue weighted by molar-refractivity contribution is -0.219. The van der Waals surface area contributed by atoms with E-state index in [9.17, 15) is 18.0 Å². The number of nitrogens with one attached hydrogen (secondary N) is 1. The number of hydrogen-bond donors (Lipinski definition) is 1. The number of hydrogen-bond acceptors (Lipinski definition) is 4. The summed E-state index contributed by atoms with van der Waals surface area (Å²) in [5.41, 5.74) is -0.0915. The van der Waals surface area contributed by atoms with Crippen molar-refractivity contribution in [1.82, 2.24) is 5.32 Å². The molecule has 2 aliphatic heterocycles. The van der Waals surface area contributed by atoms with Gasteiger partial charge in [0.05, 0.1) is 0 Å². The predicted octanol–water partition coefficient (Wildman–Crippen LogP) is 3.91. The van der Waals surface area contributed by atoms with E-state index in [0.29, 0.717) is 30.9 Å². The quantitative estimate of drug-likeness (QED) is 0.830. The molecule has 1 aromatic rings. The maximum absolute atomic E-state index is 12.5. The number of rotatable bonds is 4. The first kappa shape index (κ1) is 18.0. The Kier molecular flexibility index (Phi) is 4.70. The van der Waals surface area contributed by atoms with Gasteiger partial charge >= 0.3 is 12.1 Å².